The van der Waals surface area contributed by atoms with E-state index >= 15 is 0 Å². The maximum absolute atomic E-state index is 12.6. The molecular weight excluding hydrogens is 173 g/mol. The molecule has 4 nitrogen and oxygen atoms in total. The van der Waals surface area contributed by atoms with Gasteiger partial charge in [0.2, 0.25) is 5.95 Å². The van der Waals surface area contributed by atoms with Crippen LogP contribution in [0.1, 0.15) is 0 Å². The summed E-state index contributed by atoms with van der Waals surface area (Å²) >= 11 is 0. The van der Waals surface area contributed by atoms with Crippen molar-refractivity contribution in [2.45, 2.75) is 0 Å². The Labute approximate surface area is 72.9 Å². The van der Waals surface area contributed by atoms with Crippen LogP contribution in [0.15, 0.2) is 18.3 Å². The molecule has 0 saturated heterocycles. The third-order valence-electron chi connectivity index (χ3n) is 1.67. The minimum Gasteiger partial charge on any atom is -0.504 e. The Morgan fingerprint density at radius 3 is 2.92 bits per heavy atom. The standard InChI is InChI=1S/C8H6FN3O/c9-7-2-5-4(3-11-7)1-6(13)8(10)12-5/h1-3,13H,(H2,10,12). The first-order valence-corrected chi connectivity index (χ1v) is 3.57. The van der Waals surface area contributed by atoms with E-state index in [1.54, 1.807) is 0 Å². The van der Waals surface area contributed by atoms with E-state index in [-0.39, 0.29) is 11.6 Å². The van der Waals surface area contributed by atoms with Crippen LogP contribution in [0.4, 0.5) is 10.2 Å². The molecule has 0 aliphatic carbocycles. The highest BCUT2D eigenvalue weighted by molar-refractivity contribution is 5.81. The third kappa shape index (κ3) is 1.24. The van der Waals surface area contributed by atoms with Gasteiger partial charge in [-0.3, -0.25) is 0 Å². The third-order valence-corrected chi connectivity index (χ3v) is 1.67. The van der Waals surface area contributed by atoms with Gasteiger partial charge in [-0.2, -0.15) is 4.39 Å². The molecule has 0 aliphatic rings. The number of rotatable bonds is 0. The first-order chi connectivity index (χ1) is 6.16. The van der Waals surface area contributed by atoms with Crippen LogP contribution >= 0.6 is 0 Å². The van der Waals surface area contributed by atoms with Crippen molar-refractivity contribution in [2.24, 2.45) is 0 Å². The van der Waals surface area contributed by atoms with Gasteiger partial charge in [0.25, 0.3) is 0 Å². The highest BCUT2D eigenvalue weighted by atomic mass is 19.1. The summed E-state index contributed by atoms with van der Waals surface area (Å²) in [5, 5.41) is 9.73. The van der Waals surface area contributed by atoms with Gasteiger partial charge in [0.1, 0.15) is 0 Å². The van der Waals surface area contributed by atoms with Crippen molar-refractivity contribution in [1.29, 1.82) is 0 Å². The van der Waals surface area contributed by atoms with E-state index in [4.69, 9.17) is 5.73 Å². The number of nitrogen functional groups attached to an aromatic ring is 1. The molecule has 0 bridgehead atoms. The minimum atomic E-state index is -0.620. The quantitative estimate of drug-likeness (QED) is 0.593. The summed E-state index contributed by atoms with van der Waals surface area (Å²) in [4.78, 5) is 7.20. The van der Waals surface area contributed by atoms with E-state index in [9.17, 15) is 9.50 Å². The van der Waals surface area contributed by atoms with Gasteiger partial charge < -0.3 is 10.8 Å². The molecule has 0 aromatic carbocycles. The molecule has 0 spiro atoms. The molecule has 5 heteroatoms. The number of anilines is 1. The number of hydrogen-bond acceptors (Lipinski definition) is 4. The molecule has 3 N–H and O–H groups in total. The van der Waals surface area contributed by atoms with Gasteiger partial charge in [0.15, 0.2) is 11.6 Å². The number of aromatic nitrogens is 2. The second-order valence-electron chi connectivity index (χ2n) is 2.59. The molecule has 0 atom stereocenters. The van der Waals surface area contributed by atoms with Gasteiger partial charge in [-0.1, -0.05) is 0 Å². The molecule has 2 rings (SSSR count). The molecule has 2 aromatic heterocycles. The summed E-state index contributed by atoms with van der Waals surface area (Å²) in [5.74, 6) is -0.760. The fourth-order valence-corrected chi connectivity index (χ4v) is 1.05. The van der Waals surface area contributed by atoms with E-state index < -0.39 is 5.95 Å². The molecule has 13 heavy (non-hydrogen) atoms. The fraction of sp³-hybridized carbons (Fsp3) is 0. The van der Waals surface area contributed by atoms with Gasteiger partial charge in [0.05, 0.1) is 5.52 Å². The van der Waals surface area contributed by atoms with Crippen LogP contribution in [0.2, 0.25) is 0 Å². The SMILES string of the molecule is Nc1nc2cc(F)ncc2cc1O. The zero-order valence-electron chi connectivity index (χ0n) is 6.53. The van der Waals surface area contributed by atoms with Crippen molar-refractivity contribution in [2.75, 3.05) is 5.73 Å². The van der Waals surface area contributed by atoms with Gasteiger partial charge in [-0.25, -0.2) is 9.97 Å². The summed E-state index contributed by atoms with van der Waals surface area (Å²) in [6.45, 7) is 0. The zero-order chi connectivity index (χ0) is 9.42. The van der Waals surface area contributed by atoms with Crippen molar-refractivity contribution in [3.05, 3.63) is 24.3 Å². The number of aromatic hydroxyl groups is 1. The lowest BCUT2D eigenvalue weighted by Gasteiger charge is -2.00. The fourth-order valence-electron chi connectivity index (χ4n) is 1.05. The Hall–Kier alpha value is -1.91. The highest BCUT2D eigenvalue weighted by Gasteiger charge is 2.03. The largest absolute Gasteiger partial charge is 0.504 e. The second-order valence-corrected chi connectivity index (χ2v) is 2.59. The molecule has 0 radical (unpaired) electrons. The Bertz CT molecular complexity index is 472. The topological polar surface area (TPSA) is 72.0 Å². The van der Waals surface area contributed by atoms with Crippen molar-refractivity contribution in [3.8, 4) is 5.75 Å². The molecule has 0 fully saturated rings. The summed E-state index contributed by atoms with van der Waals surface area (Å²) in [6, 6.07) is 2.55. The van der Waals surface area contributed by atoms with E-state index in [2.05, 4.69) is 9.97 Å². The number of pyridine rings is 2. The van der Waals surface area contributed by atoms with E-state index in [1.807, 2.05) is 0 Å². The van der Waals surface area contributed by atoms with Crippen LogP contribution in [0.25, 0.3) is 10.9 Å². The number of fused-ring (bicyclic) bond motifs is 1. The lowest BCUT2D eigenvalue weighted by molar-refractivity contribution is 0.477. The van der Waals surface area contributed by atoms with Crippen LogP contribution in [0.3, 0.4) is 0 Å². The van der Waals surface area contributed by atoms with Gasteiger partial charge >= 0.3 is 0 Å². The molecule has 2 aromatic rings. The number of halogens is 1. The number of nitrogens with two attached hydrogens (primary N) is 1. The summed E-state index contributed by atoms with van der Waals surface area (Å²) in [7, 11) is 0. The van der Waals surface area contributed by atoms with Crippen LogP contribution in [0.5, 0.6) is 5.75 Å². The molecule has 66 valence electrons. The summed E-state index contributed by atoms with van der Waals surface area (Å²) in [6.07, 6.45) is 1.29. The van der Waals surface area contributed by atoms with Gasteiger partial charge in [-0.05, 0) is 6.07 Å². The Morgan fingerprint density at radius 2 is 2.15 bits per heavy atom. The first-order valence-electron chi connectivity index (χ1n) is 3.57. The molecule has 2 heterocycles. The van der Waals surface area contributed by atoms with Crippen LogP contribution < -0.4 is 5.73 Å². The van der Waals surface area contributed by atoms with E-state index in [0.717, 1.165) is 6.07 Å². The monoisotopic (exact) mass is 179 g/mol. The van der Waals surface area contributed by atoms with Gasteiger partial charge in [0, 0.05) is 17.6 Å². The minimum absolute atomic E-state index is 0.0156. The number of hydrogen-bond donors (Lipinski definition) is 2. The van der Waals surface area contributed by atoms with Crippen molar-refractivity contribution in [3.63, 3.8) is 0 Å². The van der Waals surface area contributed by atoms with E-state index in [1.165, 1.54) is 12.3 Å². The molecule has 0 saturated carbocycles. The van der Waals surface area contributed by atoms with Crippen LogP contribution in [-0.2, 0) is 0 Å². The molecular formula is C8H6FN3O. The normalized spacial score (nSPS) is 10.5. The molecule has 0 unspecified atom stereocenters. The summed E-state index contributed by atoms with van der Waals surface area (Å²) < 4.78 is 12.6. The zero-order valence-corrected chi connectivity index (χ0v) is 6.53. The molecule has 0 amide bonds. The lowest BCUT2D eigenvalue weighted by Crippen LogP contribution is -1.92. The maximum atomic E-state index is 12.6. The summed E-state index contributed by atoms with van der Waals surface area (Å²) in [5.41, 5.74) is 5.71. The highest BCUT2D eigenvalue weighted by Crippen LogP contribution is 2.22. The second kappa shape index (κ2) is 2.55. The maximum Gasteiger partial charge on any atom is 0.214 e. The van der Waals surface area contributed by atoms with E-state index in [0.29, 0.717) is 10.9 Å². The van der Waals surface area contributed by atoms with Crippen LogP contribution in [0, 0.1) is 5.95 Å². The predicted molar refractivity (Wildman–Crippen MR) is 45.6 cm³/mol. The van der Waals surface area contributed by atoms with Crippen molar-refractivity contribution >= 4 is 16.7 Å². The van der Waals surface area contributed by atoms with Crippen molar-refractivity contribution in [1.82, 2.24) is 9.97 Å². The smallest absolute Gasteiger partial charge is 0.214 e. The first kappa shape index (κ1) is 7.72. The predicted octanol–water partition coefficient (Wildman–Crippen LogP) is 1.06. The molecule has 0 aliphatic heterocycles. The Morgan fingerprint density at radius 1 is 1.38 bits per heavy atom. The Kier molecular flexibility index (Phi) is 1.51. The average molecular weight is 179 g/mol. The number of nitrogens with zero attached hydrogens (tertiary/aromatic N) is 2. The lowest BCUT2D eigenvalue weighted by atomic mass is 10.2. The Balaban J connectivity index is 2.81. The van der Waals surface area contributed by atoms with Crippen molar-refractivity contribution < 1.29 is 9.50 Å². The van der Waals surface area contributed by atoms with Crippen LogP contribution in [-0.4, -0.2) is 15.1 Å². The average Bonchev–Trinajstić information content (AvgIpc) is 2.08. The van der Waals surface area contributed by atoms with Gasteiger partial charge in [-0.15, -0.1) is 0 Å².